The molecule has 0 unspecified atom stereocenters. The molecule has 0 radical (unpaired) electrons. The fourth-order valence-corrected chi connectivity index (χ4v) is 3.73. The summed E-state index contributed by atoms with van der Waals surface area (Å²) in [5, 5.41) is 9.67. The number of rotatable bonds is 5. The van der Waals surface area contributed by atoms with Crippen molar-refractivity contribution in [2.75, 3.05) is 18.5 Å². The quantitative estimate of drug-likeness (QED) is 0.891. The molecule has 6 heteroatoms. The van der Waals surface area contributed by atoms with Crippen LogP contribution in [-0.2, 0) is 9.84 Å². The standard InChI is InChI=1S/C11H14O4S2/c1-4-9-10(12)5-8(6-11(9)15-2)17(13,14)7-16-3/h4-6,12H,1,7H2,2-3H3. The highest BCUT2D eigenvalue weighted by molar-refractivity contribution is 8.12. The number of phenols is 1. The minimum absolute atomic E-state index is 0.0387. The van der Waals surface area contributed by atoms with Crippen molar-refractivity contribution in [1.82, 2.24) is 0 Å². The summed E-state index contributed by atoms with van der Waals surface area (Å²) in [6.45, 7) is 3.53. The van der Waals surface area contributed by atoms with Gasteiger partial charge in [0.2, 0.25) is 0 Å². The lowest BCUT2D eigenvalue weighted by molar-refractivity contribution is 0.404. The Kier molecular flexibility index (Phi) is 4.47. The van der Waals surface area contributed by atoms with Crippen LogP contribution in [0.4, 0.5) is 0 Å². The normalized spacial score (nSPS) is 11.2. The first-order valence-corrected chi connectivity index (χ1v) is 7.76. The average molecular weight is 274 g/mol. The smallest absolute Gasteiger partial charge is 0.187 e. The second-order valence-corrected chi connectivity index (χ2v) is 6.50. The number of hydrogen-bond donors (Lipinski definition) is 1. The third-order valence-electron chi connectivity index (χ3n) is 2.15. The van der Waals surface area contributed by atoms with Gasteiger partial charge < -0.3 is 9.84 Å². The number of methoxy groups -OCH3 is 1. The topological polar surface area (TPSA) is 63.6 Å². The van der Waals surface area contributed by atoms with E-state index in [2.05, 4.69) is 6.58 Å². The van der Waals surface area contributed by atoms with Gasteiger partial charge in [0, 0.05) is 0 Å². The second kappa shape index (κ2) is 5.46. The maximum atomic E-state index is 11.8. The number of hydrogen-bond acceptors (Lipinski definition) is 5. The molecule has 0 fully saturated rings. The van der Waals surface area contributed by atoms with Gasteiger partial charge in [0.25, 0.3) is 0 Å². The van der Waals surface area contributed by atoms with Gasteiger partial charge in [0.15, 0.2) is 9.84 Å². The summed E-state index contributed by atoms with van der Waals surface area (Å²) in [7, 11) is -1.99. The van der Waals surface area contributed by atoms with Gasteiger partial charge in [-0.2, -0.15) is 0 Å². The van der Waals surface area contributed by atoms with E-state index in [9.17, 15) is 13.5 Å². The van der Waals surface area contributed by atoms with E-state index in [-0.39, 0.29) is 15.7 Å². The van der Waals surface area contributed by atoms with Crippen LogP contribution in [0.2, 0.25) is 0 Å². The SMILES string of the molecule is C=Cc1c(O)cc(S(=O)(=O)CSC)cc1OC. The Balaban J connectivity index is 3.39. The average Bonchev–Trinajstić information content (AvgIpc) is 2.27. The third-order valence-corrected chi connectivity index (χ3v) is 5.29. The lowest BCUT2D eigenvalue weighted by atomic mass is 10.2. The Labute approximate surface area is 105 Å². The summed E-state index contributed by atoms with van der Waals surface area (Å²) in [6.07, 6.45) is 3.12. The van der Waals surface area contributed by atoms with E-state index >= 15 is 0 Å². The molecular weight excluding hydrogens is 260 g/mol. The molecule has 0 aliphatic carbocycles. The monoisotopic (exact) mass is 274 g/mol. The van der Waals surface area contributed by atoms with Gasteiger partial charge in [0.05, 0.1) is 17.6 Å². The van der Waals surface area contributed by atoms with Crippen molar-refractivity contribution >= 4 is 27.7 Å². The van der Waals surface area contributed by atoms with Crippen LogP contribution in [0.1, 0.15) is 5.56 Å². The van der Waals surface area contributed by atoms with Crippen molar-refractivity contribution < 1.29 is 18.3 Å². The molecule has 1 aromatic carbocycles. The van der Waals surface area contributed by atoms with E-state index in [4.69, 9.17) is 4.74 Å². The van der Waals surface area contributed by atoms with Crippen LogP contribution in [0.5, 0.6) is 11.5 Å². The molecule has 0 aliphatic heterocycles. The molecule has 1 aromatic rings. The molecular formula is C11H14O4S2. The Hall–Kier alpha value is -1.14. The van der Waals surface area contributed by atoms with Gasteiger partial charge in [-0.15, -0.1) is 11.8 Å². The summed E-state index contributed by atoms with van der Waals surface area (Å²) < 4.78 is 28.7. The third kappa shape index (κ3) is 2.95. The van der Waals surface area contributed by atoms with Gasteiger partial charge >= 0.3 is 0 Å². The van der Waals surface area contributed by atoms with Gasteiger partial charge in [0.1, 0.15) is 16.6 Å². The van der Waals surface area contributed by atoms with Crippen LogP contribution < -0.4 is 4.74 Å². The molecule has 1 N–H and O–H groups in total. The minimum atomic E-state index is -3.40. The predicted molar refractivity (Wildman–Crippen MR) is 70.3 cm³/mol. The first-order valence-electron chi connectivity index (χ1n) is 4.71. The van der Waals surface area contributed by atoms with E-state index in [0.29, 0.717) is 11.3 Å². The van der Waals surface area contributed by atoms with Gasteiger partial charge in [-0.25, -0.2) is 8.42 Å². The number of benzene rings is 1. The Morgan fingerprint density at radius 3 is 2.65 bits per heavy atom. The molecule has 17 heavy (non-hydrogen) atoms. The van der Waals surface area contributed by atoms with Crippen LogP contribution in [0.25, 0.3) is 6.08 Å². The molecule has 0 saturated heterocycles. The van der Waals surface area contributed by atoms with Crippen LogP contribution in [0.15, 0.2) is 23.6 Å². The molecule has 4 nitrogen and oxygen atoms in total. The fraction of sp³-hybridized carbons (Fsp3) is 0.273. The molecule has 94 valence electrons. The number of phenolic OH excluding ortho intramolecular Hbond substituents is 1. The zero-order chi connectivity index (χ0) is 13.1. The van der Waals surface area contributed by atoms with E-state index in [1.165, 1.54) is 37.1 Å². The van der Waals surface area contributed by atoms with E-state index in [1.54, 1.807) is 6.26 Å². The highest BCUT2D eigenvalue weighted by Gasteiger charge is 2.18. The van der Waals surface area contributed by atoms with Crippen molar-refractivity contribution in [3.05, 3.63) is 24.3 Å². The molecule has 0 bridgehead atoms. The molecule has 0 atom stereocenters. The number of thioether (sulfide) groups is 1. The summed E-state index contributed by atoms with van der Waals surface area (Å²) >= 11 is 1.20. The van der Waals surface area contributed by atoms with Gasteiger partial charge in [-0.05, 0) is 18.4 Å². The Bertz CT molecular complexity index is 521. The van der Waals surface area contributed by atoms with Gasteiger partial charge in [-0.3, -0.25) is 0 Å². The zero-order valence-corrected chi connectivity index (χ0v) is 11.3. The predicted octanol–water partition coefficient (Wildman–Crippen LogP) is 2.14. The molecule has 0 heterocycles. The van der Waals surface area contributed by atoms with Crippen LogP contribution in [0, 0.1) is 0 Å². The maximum Gasteiger partial charge on any atom is 0.187 e. The Morgan fingerprint density at radius 1 is 1.53 bits per heavy atom. The first kappa shape index (κ1) is 13.9. The largest absolute Gasteiger partial charge is 0.507 e. The second-order valence-electron chi connectivity index (χ2n) is 3.28. The van der Waals surface area contributed by atoms with Crippen LogP contribution in [0.3, 0.4) is 0 Å². The summed E-state index contributed by atoms with van der Waals surface area (Å²) in [5.41, 5.74) is 0.385. The van der Waals surface area contributed by atoms with Crippen LogP contribution >= 0.6 is 11.8 Å². The summed E-state index contributed by atoms with van der Waals surface area (Å²) in [6, 6.07) is 2.60. The molecule has 1 rings (SSSR count). The maximum absolute atomic E-state index is 11.8. The Morgan fingerprint density at radius 2 is 2.18 bits per heavy atom. The van der Waals surface area contributed by atoms with Crippen molar-refractivity contribution in [3.8, 4) is 11.5 Å². The van der Waals surface area contributed by atoms with Crippen molar-refractivity contribution in [2.24, 2.45) is 0 Å². The zero-order valence-electron chi connectivity index (χ0n) is 9.63. The van der Waals surface area contributed by atoms with E-state index in [0.717, 1.165) is 0 Å². The molecule has 0 aromatic heterocycles. The highest BCUT2D eigenvalue weighted by atomic mass is 32.3. The van der Waals surface area contributed by atoms with Crippen molar-refractivity contribution in [3.63, 3.8) is 0 Å². The summed E-state index contributed by atoms with van der Waals surface area (Å²) in [5.74, 6) is 0.138. The van der Waals surface area contributed by atoms with Crippen LogP contribution in [-0.4, -0.2) is 32.0 Å². The van der Waals surface area contributed by atoms with Crippen molar-refractivity contribution in [2.45, 2.75) is 4.90 Å². The molecule has 0 aliphatic rings. The lowest BCUT2D eigenvalue weighted by Crippen LogP contribution is -2.04. The number of aromatic hydroxyl groups is 1. The molecule has 0 amide bonds. The van der Waals surface area contributed by atoms with Crippen molar-refractivity contribution in [1.29, 1.82) is 0 Å². The van der Waals surface area contributed by atoms with E-state index < -0.39 is 9.84 Å². The lowest BCUT2D eigenvalue weighted by Gasteiger charge is -2.10. The molecule has 0 spiro atoms. The first-order chi connectivity index (χ1) is 7.96. The van der Waals surface area contributed by atoms with Gasteiger partial charge in [-0.1, -0.05) is 12.7 Å². The number of ether oxygens (including phenoxy) is 1. The summed E-state index contributed by atoms with van der Waals surface area (Å²) in [4.78, 5) is 0.0480. The minimum Gasteiger partial charge on any atom is -0.507 e. The number of sulfone groups is 1. The molecule has 0 saturated carbocycles. The highest BCUT2D eigenvalue weighted by Crippen LogP contribution is 2.33. The van der Waals surface area contributed by atoms with E-state index in [1.807, 2.05) is 0 Å². The fourth-order valence-electron chi connectivity index (χ4n) is 1.36.